The van der Waals surface area contributed by atoms with E-state index in [1.807, 2.05) is 19.9 Å². The molecule has 5 nitrogen and oxygen atoms in total. The molecule has 0 aromatic heterocycles. The Balaban J connectivity index is 2.45. The Bertz CT molecular complexity index is 881. The number of rotatable bonds is 8. The van der Waals surface area contributed by atoms with Crippen LogP contribution in [-0.4, -0.2) is 39.8 Å². The van der Waals surface area contributed by atoms with Gasteiger partial charge in [0.05, 0.1) is 21.5 Å². The predicted molar refractivity (Wildman–Crippen MR) is 108 cm³/mol. The van der Waals surface area contributed by atoms with Crippen molar-refractivity contribution in [3.63, 3.8) is 0 Å². The van der Waals surface area contributed by atoms with Gasteiger partial charge in [-0.3, -0.25) is 0 Å². The number of nitrogens with zero attached hydrogens (tertiary/aromatic N) is 1. The zero-order valence-electron chi connectivity index (χ0n) is 15.7. The van der Waals surface area contributed by atoms with Crippen molar-refractivity contribution < 1.29 is 17.9 Å². The van der Waals surface area contributed by atoms with Crippen molar-refractivity contribution in [3.8, 4) is 0 Å². The van der Waals surface area contributed by atoms with Crippen LogP contribution in [0.25, 0.3) is 0 Å². The lowest BCUT2D eigenvalue weighted by Gasteiger charge is -2.26. The molecule has 8 heteroatoms. The Hall–Kier alpha value is -1.15. The lowest BCUT2D eigenvalue weighted by atomic mass is 10.1. The number of ether oxygens (including phenoxy) is 2. The van der Waals surface area contributed by atoms with Gasteiger partial charge in [0.2, 0.25) is 10.0 Å². The molecule has 0 N–H and O–H groups in total. The zero-order chi connectivity index (χ0) is 20.2. The van der Waals surface area contributed by atoms with Crippen molar-refractivity contribution in [1.82, 2.24) is 4.31 Å². The number of halogens is 2. The van der Waals surface area contributed by atoms with Gasteiger partial charge in [-0.1, -0.05) is 53.0 Å². The quantitative estimate of drug-likeness (QED) is 0.580. The van der Waals surface area contributed by atoms with Crippen LogP contribution in [0.5, 0.6) is 0 Å². The smallest absolute Gasteiger partial charge is 0.243 e. The van der Waals surface area contributed by atoms with Gasteiger partial charge in [-0.15, -0.1) is 0 Å². The third kappa shape index (κ3) is 5.22. The SMILES string of the molecule is COC(CN(Cc1ccc(C)c(Cl)c1Cl)S(=O)(=O)c1ccc(C)cc1)OC. The third-order valence-electron chi connectivity index (χ3n) is 4.24. The first kappa shape index (κ1) is 22.1. The van der Waals surface area contributed by atoms with Gasteiger partial charge in [0.15, 0.2) is 6.29 Å². The Morgan fingerprint density at radius 1 is 0.963 bits per heavy atom. The van der Waals surface area contributed by atoms with Crippen LogP contribution in [0.3, 0.4) is 0 Å². The highest BCUT2D eigenvalue weighted by Gasteiger charge is 2.28. The van der Waals surface area contributed by atoms with Gasteiger partial charge in [0, 0.05) is 20.8 Å². The maximum absolute atomic E-state index is 13.2. The summed E-state index contributed by atoms with van der Waals surface area (Å²) in [7, 11) is -0.882. The number of aryl methyl sites for hydroxylation is 2. The normalized spacial score (nSPS) is 12.1. The number of benzene rings is 2. The lowest BCUT2D eigenvalue weighted by Crippen LogP contribution is -2.38. The molecule has 0 unspecified atom stereocenters. The summed E-state index contributed by atoms with van der Waals surface area (Å²) < 4.78 is 38.1. The molecular formula is C19H23Cl2NO4S. The Kier molecular flexibility index (Phi) is 7.68. The molecule has 2 rings (SSSR count). The van der Waals surface area contributed by atoms with Gasteiger partial charge in [0.25, 0.3) is 0 Å². The van der Waals surface area contributed by atoms with Crippen LogP contribution in [0, 0.1) is 13.8 Å². The summed E-state index contributed by atoms with van der Waals surface area (Å²) in [6.45, 7) is 3.78. The van der Waals surface area contributed by atoms with Crippen molar-refractivity contribution in [1.29, 1.82) is 0 Å². The second-order valence-corrected chi connectivity index (χ2v) is 8.87. The highest BCUT2D eigenvalue weighted by molar-refractivity contribution is 7.89. The van der Waals surface area contributed by atoms with Gasteiger partial charge in [-0.05, 0) is 37.1 Å². The molecule has 0 heterocycles. The number of hydrogen-bond donors (Lipinski definition) is 0. The summed E-state index contributed by atoms with van der Waals surface area (Å²) in [5.74, 6) is 0. The Morgan fingerprint density at radius 3 is 2.11 bits per heavy atom. The lowest BCUT2D eigenvalue weighted by molar-refractivity contribution is -0.108. The largest absolute Gasteiger partial charge is 0.354 e. The van der Waals surface area contributed by atoms with E-state index in [0.29, 0.717) is 15.6 Å². The standard InChI is InChI=1S/C19H23Cl2NO4S/c1-13-5-9-16(10-6-13)27(23,24)22(12-17(25-3)26-4)11-15-8-7-14(2)18(20)19(15)21/h5-10,17H,11-12H2,1-4H3. The van der Waals surface area contributed by atoms with Gasteiger partial charge < -0.3 is 9.47 Å². The highest BCUT2D eigenvalue weighted by Crippen LogP contribution is 2.31. The molecule has 0 spiro atoms. The fourth-order valence-electron chi connectivity index (χ4n) is 2.52. The Labute approximate surface area is 170 Å². The minimum atomic E-state index is -3.80. The molecule has 27 heavy (non-hydrogen) atoms. The van der Waals surface area contributed by atoms with E-state index < -0.39 is 16.3 Å². The first-order valence-corrected chi connectivity index (χ1v) is 10.5. The zero-order valence-corrected chi connectivity index (χ0v) is 18.0. The maximum atomic E-state index is 13.2. The van der Waals surface area contributed by atoms with Crippen LogP contribution in [0.15, 0.2) is 41.3 Å². The molecular weight excluding hydrogens is 409 g/mol. The number of methoxy groups -OCH3 is 2. The molecule has 0 aliphatic rings. The van der Waals surface area contributed by atoms with Crippen molar-refractivity contribution in [2.24, 2.45) is 0 Å². The van der Waals surface area contributed by atoms with E-state index in [4.69, 9.17) is 32.7 Å². The number of hydrogen-bond acceptors (Lipinski definition) is 4. The third-order valence-corrected chi connectivity index (χ3v) is 7.08. The molecule has 148 valence electrons. The van der Waals surface area contributed by atoms with E-state index in [9.17, 15) is 8.42 Å². The molecule has 0 bridgehead atoms. The van der Waals surface area contributed by atoms with E-state index in [-0.39, 0.29) is 18.0 Å². The van der Waals surface area contributed by atoms with E-state index >= 15 is 0 Å². The van der Waals surface area contributed by atoms with E-state index in [0.717, 1.165) is 11.1 Å². The highest BCUT2D eigenvalue weighted by atomic mass is 35.5. The summed E-state index contributed by atoms with van der Waals surface area (Å²) in [4.78, 5) is 0.188. The second kappa shape index (κ2) is 9.37. The fourth-order valence-corrected chi connectivity index (χ4v) is 4.38. The summed E-state index contributed by atoms with van der Waals surface area (Å²) in [6.07, 6.45) is -0.718. The topological polar surface area (TPSA) is 55.8 Å². The van der Waals surface area contributed by atoms with Gasteiger partial charge in [-0.25, -0.2) is 8.42 Å². The molecule has 0 aliphatic heterocycles. The van der Waals surface area contributed by atoms with E-state index in [1.54, 1.807) is 30.3 Å². The van der Waals surface area contributed by atoms with Crippen LogP contribution >= 0.6 is 23.2 Å². The monoisotopic (exact) mass is 431 g/mol. The molecule has 0 saturated carbocycles. The molecule has 0 aliphatic carbocycles. The summed E-state index contributed by atoms with van der Waals surface area (Å²) in [6, 6.07) is 10.3. The van der Waals surface area contributed by atoms with Crippen LogP contribution in [0.4, 0.5) is 0 Å². The van der Waals surface area contributed by atoms with Crippen molar-refractivity contribution in [3.05, 3.63) is 63.1 Å². The van der Waals surface area contributed by atoms with Crippen LogP contribution in [0.2, 0.25) is 10.0 Å². The molecule has 2 aromatic carbocycles. The van der Waals surface area contributed by atoms with Gasteiger partial charge in [-0.2, -0.15) is 4.31 Å². The van der Waals surface area contributed by atoms with Crippen LogP contribution < -0.4 is 0 Å². The summed E-state index contributed by atoms with van der Waals surface area (Å²) in [5.41, 5.74) is 2.40. The molecule has 0 saturated heterocycles. The minimum absolute atomic E-state index is 0.00499. The fraction of sp³-hybridized carbons (Fsp3) is 0.368. The average molecular weight is 432 g/mol. The number of sulfonamides is 1. The van der Waals surface area contributed by atoms with Crippen molar-refractivity contribution in [2.45, 2.75) is 31.6 Å². The van der Waals surface area contributed by atoms with Crippen molar-refractivity contribution >= 4 is 33.2 Å². The maximum Gasteiger partial charge on any atom is 0.243 e. The molecule has 0 atom stereocenters. The summed E-state index contributed by atoms with van der Waals surface area (Å²) >= 11 is 12.6. The second-order valence-electron chi connectivity index (χ2n) is 6.18. The van der Waals surface area contributed by atoms with Crippen molar-refractivity contribution in [2.75, 3.05) is 20.8 Å². The summed E-state index contributed by atoms with van der Waals surface area (Å²) in [5, 5.41) is 0.754. The predicted octanol–water partition coefficient (Wildman–Crippen LogP) is 4.42. The molecule has 0 radical (unpaired) electrons. The minimum Gasteiger partial charge on any atom is -0.354 e. The van der Waals surface area contributed by atoms with E-state index in [1.165, 1.54) is 18.5 Å². The van der Waals surface area contributed by atoms with E-state index in [2.05, 4.69) is 0 Å². The van der Waals surface area contributed by atoms with Gasteiger partial charge >= 0.3 is 0 Å². The van der Waals surface area contributed by atoms with Crippen LogP contribution in [0.1, 0.15) is 16.7 Å². The molecule has 2 aromatic rings. The molecule has 0 amide bonds. The van der Waals surface area contributed by atoms with Gasteiger partial charge in [0.1, 0.15) is 0 Å². The first-order valence-electron chi connectivity index (χ1n) is 8.26. The van der Waals surface area contributed by atoms with Crippen LogP contribution in [-0.2, 0) is 26.0 Å². The Morgan fingerprint density at radius 2 is 1.56 bits per heavy atom. The molecule has 0 fully saturated rings. The first-order chi connectivity index (χ1) is 12.7. The average Bonchev–Trinajstić information content (AvgIpc) is 2.65.